The van der Waals surface area contributed by atoms with Crippen molar-refractivity contribution < 1.29 is 47.4 Å². The van der Waals surface area contributed by atoms with Gasteiger partial charge in [0, 0.05) is 79.1 Å². The highest BCUT2D eigenvalue weighted by Crippen LogP contribution is 2.14. The second-order valence-electron chi connectivity index (χ2n) is 14.5. The Hall–Kier alpha value is -3.22. The van der Waals surface area contributed by atoms with Crippen LogP contribution in [0.2, 0.25) is 0 Å². The molecule has 0 radical (unpaired) electrons. The van der Waals surface area contributed by atoms with Crippen LogP contribution in [0.15, 0.2) is 72.8 Å². The summed E-state index contributed by atoms with van der Waals surface area (Å²) in [5.74, 6) is 2.84. The number of hydrogen-bond acceptors (Lipinski definition) is 10. The lowest BCUT2D eigenvalue weighted by atomic mass is 10.2. The smallest absolute Gasteiger partial charge is 0.119 e. The van der Waals surface area contributed by atoms with Gasteiger partial charge in [0.15, 0.2) is 0 Å². The molecule has 0 atom stereocenters. The minimum atomic E-state index is 0.630. The third kappa shape index (κ3) is 50.2. The molecule has 0 amide bonds. The fourth-order valence-corrected chi connectivity index (χ4v) is 5.06. The number of benzene rings is 3. The number of ether oxygens (including phenoxy) is 10. The molecule has 66 heavy (non-hydrogen) atoms. The Labute approximate surface area is 406 Å². The molecule has 10 nitrogen and oxygen atoms in total. The van der Waals surface area contributed by atoms with Gasteiger partial charge in [-0.05, 0) is 139 Å². The molecular formula is C56H100O10. The minimum Gasteiger partial charge on any atom is -0.494 e. The number of aryl methyl sites for hydroxylation is 3. The highest BCUT2D eigenvalue weighted by Gasteiger charge is 1.96. The summed E-state index contributed by atoms with van der Waals surface area (Å²) >= 11 is 0. The van der Waals surface area contributed by atoms with Crippen LogP contribution in [-0.4, -0.2) is 112 Å². The lowest BCUT2D eigenvalue weighted by molar-refractivity contribution is 0.0531. The van der Waals surface area contributed by atoms with E-state index in [-0.39, 0.29) is 0 Å². The van der Waals surface area contributed by atoms with Gasteiger partial charge in [-0.15, -0.1) is 0 Å². The second kappa shape index (κ2) is 57.9. The largest absolute Gasteiger partial charge is 0.494 e. The van der Waals surface area contributed by atoms with Crippen LogP contribution in [-0.2, 0) is 52.4 Å². The molecule has 0 unspecified atom stereocenters. The van der Waals surface area contributed by atoms with E-state index in [2.05, 4.69) is 84.9 Å². The minimum absolute atomic E-state index is 0.630. The van der Waals surface area contributed by atoms with Gasteiger partial charge in [-0.2, -0.15) is 0 Å². The Kier molecular flexibility index (Phi) is 58.8. The third-order valence-corrected chi connectivity index (χ3v) is 8.66. The van der Waals surface area contributed by atoms with Crippen LogP contribution in [0, 0.1) is 0 Å². The maximum atomic E-state index is 5.61. The van der Waals surface area contributed by atoms with Gasteiger partial charge in [0.1, 0.15) is 23.9 Å². The molecule has 0 aliphatic rings. The third-order valence-electron chi connectivity index (χ3n) is 8.66. The van der Waals surface area contributed by atoms with Gasteiger partial charge in [-0.25, -0.2) is 0 Å². The van der Waals surface area contributed by atoms with Gasteiger partial charge in [0.25, 0.3) is 0 Å². The Bertz CT molecular complexity index is 1270. The molecule has 3 aromatic carbocycles. The highest BCUT2D eigenvalue weighted by atomic mass is 16.5. The van der Waals surface area contributed by atoms with Gasteiger partial charge in [-0.1, -0.05) is 84.9 Å². The van der Waals surface area contributed by atoms with Crippen LogP contribution < -0.4 is 14.2 Å². The van der Waals surface area contributed by atoms with Crippen LogP contribution in [0.1, 0.15) is 138 Å². The molecule has 3 rings (SSSR count). The fraction of sp³-hybridized carbons (Fsp3) is 0.679. The normalized spacial score (nSPS) is 10.0. The first kappa shape index (κ1) is 67.1. The number of hydrogen-bond donors (Lipinski definition) is 0. The zero-order valence-electron chi connectivity index (χ0n) is 44.4. The summed E-state index contributed by atoms with van der Waals surface area (Å²) < 4.78 is 52.6. The quantitative estimate of drug-likeness (QED) is 0.0550. The standard InChI is InChI=1S/C14H22O2.C13H20O2.C10H14O.C8H18O2.C7H16O2.C4H10O/c1-3-10-15-11-5-12-16-14-8-6-13(4-2)7-9-14;1-3-9-14-10-11-15-13-7-5-12(4-2)6-8-13;1-3-9-5-7-10(8-6-9)11-4-2;1-3-6-10-8-5-7-9-4-2;1-3-5-9-7-6-8-4-2;1-3-5-4-2/h6-9H,3-5,10-12H2,1-2H3;5-8H,3-4,9-11H2,1-2H3;5-8H,3-4H2,1-2H3;3-8H2,1-2H3;3-7H2,1-2H3;3-4H2,1-2H3. The first-order valence-corrected chi connectivity index (χ1v) is 25.5. The molecule has 0 saturated heterocycles. The van der Waals surface area contributed by atoms with Crippen LogP contribution in [0.3, 0.4) is 0 Å². The lowest BCUT2D eigenvalue weighted by Crippen LogP contribution is -2.06. The molecule has 0 N–H and O–H groups in total. The van der Waals surface area contributed by atoms with Crippen molar-refractivity contribution in [1.82, 2.24) is 0 Å². The van der Waals surface area contributed by atoms with E-state index < -0.39 is 0 Å². The molecule has 0 bridgehead atoms. The summed E-state index contributed by atoms with van der Waals surface area (Å²) in [5.41, 5.74) is 4.04. The maximum absolute atomic E-state index is 5.61. The Morgan fingerprint density at radius 3 is 0.864 bits per heavy atom. The van der Waals surface area contributed by atoms with Crippen molar-refractivity contribution in [3.8, 4) is 17.2 Å². The Morgan fingerprint density at radius 2 is 0.530 bits per heavy atom. The van der Waals surface area contributed by atoms with Crippen molar-refractivity contribution in [2.75, 3.05) is 112 Å². The maximum Gasteiger partial charge on any atom is 0.119 e. The van der Waals surface area contributed by atoms with E-state index in [1.807, 2.05) is 71.0 Å². The molecule has 3 aromatic rings. The Balaban J connectivity index is -0.000000744. The first-order valence-electron chi connectivity index (χ1n) is 25.5. The molecule has 0 fully saturated rings. The van der Waals surface area contributed by atoms with E-state index in [4.69, 9.17) is 47.4 Å². The van der Waals surface area contributed by atoms with Gasteiger partial charge in [0.2, 0.25) is 0 Å². The molecule has 384 valence electrons. The van der Waals surface area contributed by atoms with Gasteiger partial charge < -0.3 is 47.4 Å². The summed E-state index contributed by atoms with van der Waals surface area (Å²) in [6.45, 7) is 38.2. The van der Waals surface area contributed by atoms with Crippen molar-refractivity contribution in [2.24, 2.45) is 0 Å². The second-order valence-corrected chi connectivity index (χ2v) is 14.5. The van der Waals surface area contributed by atoms with Gasteiger partial charge in [0.05, 0.1) is 33.0 Å². The molecule has 0 aliphatic carbocycles. The van der Waals surface area contributed by atoms with Crippen molar-refractivity contribution in [3.05, 3.63) is 89.5 Å². The number of rotatable bonds is 33. The topological polar surface area (TPSA) is 92.3 Å². The van der Waals surface area contributed by atoms with Crippen molar-refractivity contribution >= 4 is 0 Å². The average Bonchev–Trinajstić information content (AvgIpc) is 3.35. The zero-order valence-corrected chi connectivity index (χ0v) is 44.4. The summed E-state index contributed by atoms with van der Waals surface area (Å²) in [7, 11) is 0. The van der Waals surface area contributed by atoms with E-state index in [1.165, 1.54) is 16.7 Å². The highest BCUT2D eigenvalue weighted by molar-refractivity contribution is 5.28. The molecule has 0 spiro atoms. The first-order chi connectivity index (χ1) is 32.3. The lowest BCUT2D eigenvalue weighted by Gasteiger charge is -2.07. The van der Waals surface area contributed by atoms with Crippen molar-refractivity contribution in [3.63, 3.8) is 0 Å². The molecule has 10 heteroatoms. The van der Waals surface area contributed by atoms with Gasteiger partial charge in [-0.3, -0.25) is 0 Å². The molecule has 0 aliphatic heterocycles. The molecule has 0 heterocycles. The van der Waals surface area contributed by atoms with Crippen LogP contribution >= 0.6 is 0 Å². The monoisotopic (exact) mass is 933 g/mol. The summed E-state index contributed by atoms with van der Waals surface area (Å²) in [6.07, 6.45) is 9.55. The van der Waals surface area contributed by atoms with E-state index in [0.717, 1.165) is 174 Å². The molecular weight excluding hydrogens is 833 g/mol. The molecule has 0 aromatic heterocycles. The van der Waals surface area contributed by atoms with Gasteiger partial charge >= 0.3 is 0 Å². The van der Waals surface area contributed by atoms with E-state index in [1.54, 1.807) is 0 Å². The summed E-state index contributed by atoms with van der Waals surface area (Å²) in [5, 5.41) is 0. The van der Waals surface area contributed by atoms with Crippen molar-refractivity contribution in [1.29, 1.82) is 0 Å². The van der Waals surface area contributed by atoms with Crippen molar-refractivity contribution in [2.45, 2.75) is 141 Å². The van der Waals surface area contributed by atoms with Crippen LogP contribution in [0.4, 0.5) is 0 Å². The summed E-state index contributed by atoms with van der Waals surface area (Å²) in [6, 6.07) is 24.8. The Morgan fingerprint density at radius 1 is 0.242 bits per heavy atom. The predicted octanol–water partition coefficient (Wildman–Crippen LogP) is 13.5. The van der Waals surface area contributed by atoms with E-state index >= 15 is 0 Å². The zero-order chi connectivity index (χ0) is 49.4. The molecule has 0 saturated carbocycles. The van der Waals surface area contributed by atoms with E-state index in [9.17, 15) is 0 Å². The SMILES string of the molecule is CCCOCCCOCC.CCCOCCCOc1ccc(CC)cc1.CCCOCCOCC.CCCOCCOc1ccc(CC)cc1.CCOCC.CCOc1ccc(CC)cc1. The van der Waals surface area contributed by atoms with Crippen LogP contribution in [0.5, 0.6) is 17.2 Å². The van der Waals surface area contributed by atoms with E-state index in [0.29, 0.717) is 13.2 Å². The van der Waals surface area contributed by atoms with Crippen LogP contribution in [0.25, 0.3) is 0 Å². The predicted molar refractivity (Wildman–Crippen MR) is 278 cm³/mol. The average molecular weight is 933 g/mol. The fourth-order valence-electron chi connectivity index (χ4n) is 5.06. The summed E-state index contributed by atoms with van der Waals surface area (Å²) in [4.78, 5) is 0.